The first-order valence-electron chi connectivity index (χ1n) is 2.17. The van der Waals surface area contributed by atoms with E-state index in [-0.39, 0.29) is 51.0 Å². The Kier molecular flexibility index (Phi) is 56.7. The van der Waals surface area contributed by atoms with E-state index in [1.165, 1.54) is 12.5 Å². The third-order valence-electron chi connectivity index (χ3n) is 0.598. The minimum absolute atomic E-state index is 0. The van der Waals surface area contributed by atoms with Gasteiger partial charge < -0.3 is 24.8 Å². The summed E-state index contributed by atoms with van der Waals surface area (Å²) in [6.07, 6.45) is 3.16. The Morgan fingerprint density at radius 2 is 1.89 bits per heavy atom. The van der Waals surface area contributed by atoms with Gasteiger partial charge in [0.05, 0.1) is 0 Å². The second kappa shape index (κ2) is 22.7. The average molecular weight is 260 g/mol. The number of hydrogen-bond acceptors (Lipinski definition) is 0. The van der Waals surface area contributed by atoms with Crippen molar-refractivity contribution in [1.29, 1.82) is 0 Å². The summed E-state index contributed by atoms with van der Waals surface area (Å²) < 4.78 is 0. The molecule has 0 heterocycles. The van der Waals surface area contributed by atoms with Crippen LogP contribution in [0, 0.1) is 0 Å². The molecule has 0 aliphatic heterocycles. The molecule has 0 bridgehead atoms. The molecule has 0 aliphatic rings. The summed E-state index contributed by atoms with van der Waals surface area (Å²) in [7, 11) is 1.09. The zero-order chi connectivity index (χ0) is 4.83. The Morgan fingerprint density at radius 1 is 1.44 bits per heavy atom. The van der Waals surface area contributed by atoms with Gasteiger partial charge in [-0.05, 0) is 6.42 Å². The summed E-state index contributed by atoms with van der Waals surface area (Å²) >= 11 is 0. The largest absolute Gasteiger partial charge is 2.00 e. The van der Waals surface area contributed by atoms with Crippen LogP contribution in [0.5, 0.6) is 0 Å². The summed E-state index contributed by atoms with van der Waals surface area (Å²) in [5, 5.41) is 0. The summed E-state index contributed by atoms with van der Waals surface area (Å²) in [5.74, 6) is 0. The summed E-state index contributed by atoms with van der Waals surface area (Å²) in [4.78, 5) is 0. The Balaban J connectivity index is -0.0000000417. The topological polar surface area (TPSA) is 0 Å². The van der Waals surface area contributed by atoms with Crippen LogP contribution < -0.4 is 24.8 Å². The fourth-order valence-electron chi connectivity index (χ4n) is 0.246. The molecule has 0 rings (SSSR count). The second-order valence-corrected chi connectivity index (χ2v) is 2.39. The van der Waals surface area contributed by atoms with Crippen LogP contribution in [0.4, 0.5) is 0 Å². The quantitative estimate of drug-likeness (QED) is 0.274. The molecule has 0 aliphatic carbocycles. The van der Waals surface area contributed by atoms with Gasteiger partial charge >= 0.3 is 26.2 Å². The fourth-order valence-corrected chi connectivity index (χ4v) is 0.739. The van der Waals surface area contributed by atoms with E-state index in [2.05, 4.69) is 13.1 Å². The number of hydrogen-bond donors (Lipinski definition) is 0. The number of halogens is 2. The maximum Gasteiger partial charge on any atom is 2.00 e. The molecule has 0 nitrogen and oxygen atoms in total. The second-order valence-electron chi connectivity index (χ2n) is 1.18. The van der Waals surface area contributed by atoms with Gasteiger partial charge in [0.1, 0.15) is 0 Å². The van der Waals surface area contributed by atoms with Crippen molar-refractivity contribution in [2.45, 2.75) is 19.0 Å². The van der Waals surface area contributed by atoms with Gasteiger partial charge in [-0.1, -0.05) is 18.7 Å². The standard InChI is InChI=1S/C5H10Si.2ClH.Zr/c1-3-4-5-6-2;;;/h3H,1,4-5H2,2H3;2*1H;/q;;;+2/p-2. The molecule has 0 spiro atoms. The van der Waals surface area contributed by atoms with Crippen LogP contribution in [-0.4, -0.2) is 9.52 Å². The van der Waals surface area contributed by atoms with E-state index in [1.807, 2.05) is 6.08 Å². The molecule has 0 atom stereocenters. The SMILES string of the molecule is C=CCC[Si]C.[Cl-].[Cl-].[Zr+2]. The molecule has 0 amide bonds. The van der Waals surface area contributed by atoms with E-state index in [9.17, 15) is 0 Å². The first kappa shape index (κ1) is 22.4. The molecule has 52 valence electrons. The van der Waals surface area contributed by atoms with Gasteiger partial charge in [0.15, 0.2) is 0 Å². The molecule has 9 heavy (non-hydrogen) atoms. The molecule has 0 aromatic carbocycles. The third kappa shape index (κ3) is 26.5. The van der Waals surface area contributed by atoms with E-state index in [4.69, 9.17) is 0 Å². The van der Waals surface area contributed by atoms with Crippen molar-refractivity contribution < 1.29 is 51.0 Å². The molecule has 0 saturated carbocycles. The van der Waals surface area contributed by atoms with Gasteiger partial charge in [-0.15, -0.1) is 6.58 Å². The minimum Gasteiger partial charge on any atom is -1.00 e. The van der Waals surface area contributed by atoms with Crippen molar-refractivity contribution in [1.82, 2.24) is 0 Å². The van der Waals surface area contributed by atoms with Crippen molar-refractivity contribution in [3.8, 4) is 0 Å². The average Bonchev–Trinajstić information content (AvgIpc) is 1.61. The van der Waals surface area contributed by atoms with Gasteiger partial charge in [-0.3, -0.25) is 0 Å². The summed E-state index contributed by atoms with van der Waals surface area (Å²) in [5.41, 5.74) is 0. The first-order valence-corrected chi connectivity index (χ1v) is 3.88. The smallest absolute Gasteiger partial charge is 1.00 e. The van der Waals surface area contributed by atoms with E-state index >= 15 is 0 Å². The maximum atomic E-state index is 3.60. The van der Waals surface area contributed by atoms with Crippen molar-refractivity contribution in [2.75, 3.05) is 0 Å². The van der Waals surface area contributed by atoms with Gasteiger partial charge in [-0.25, -0.2) is 0 Å². The van der Waals surface area contributed by atoms with Crippen LogP contribution in [0.25, 0.3) is 0 Å². The predicted molar refractivity (Wildman–Crippen MR) is 31.2 cm³/mol. The van der Waals surface area contributed by atoms with Gasteiger partial charge in [0, 0.05) is 9.52 Å². The van der Waals surface area contributed by atoms with Crippen molar-refractivity contribution in [2.24, 2.45) is 0 Å². The molecule has 0 N–H and O–H groups in total. The maximum absolute atomic E-state index is 3.60. The minimum atomic E-state index is 0. The van der Waals surface area contributed by atoms with E-state index in [1.54, 1.807) is 0 Å². The molecule has 0 fully saturated rings. The predicted octanol–water partition coefficient (Wildman–Crippen LogP) is -4.26. The molecule has 0 saturated heterocycles. The fraction of sp³-hybridized carbons (Fsp3) is 0.600. The van der Waals surface area contributed by atoms with Crippen LogP contribution in [0.3, 0.4) is 0 Å². The number of allylic oxidation sites excluding steroid dienone is 1. The molecule has 0 aromatic heterocycles. The summed E-state index contributed by atoms with van der Waals surface area (Å²) in [6, 6.07) is 1.32. The Bertz CT molecular complexity index is 43.9. The van der Waals surface area contributed by atoms with Crippen LogP contribution in [0.2, 0.25) is 12.6 Å². The van der Waals surface area contributed by atoms with Crippen LogP contribution in [0.15, 0.2) is 12.7 Å². The van der Waals surface area contributed by atoms with Crippen molar-refractivity contribution in [3.63, 3.8) is 0 Å². The third-order valence-corrected chi connectivity index (χ3v) is 1.39. The molecular weight excluding hydrogens is 250 g/mol. The Labute approximate surface area is 91.6 Å². The Hall–Kier alpha value is 1.42. The van der Waals surface area contributed by atoms with Gasteiger partial charge in [-0.2, -0.15) is 0 Å². The number of rotatable bonds is 3. The van der Waals surface area contributed by atoms with E-state index < -0.39 is 0 Å². The van der Waals surface area contributed by atoms with Gasteiger partial charge in [0.2, 0.25) is 0 Å². The zero-order valence-electron chi connectivity index (χ0n) is 5.45. The first-order chi connectivity index (χ1) is 2.91. The normalized spacial score (nSPS) is 5.44. The molecular formula is C5H10Cl2SiZr. The molecule has 4 heteroatoms. The van der Waals surface area contributed by atoms with E-state index in [0.717, 1.165) is 9.52 Å². The molecule has 2 radical (unpaired) electrons. The zero-order valence-corrected chi connectivity index (χ0v) is 10.4. The van der Waals surface area contributed by atoms with Crippen LogP contribution in [0.1, 0.15) is 6.42 Å². The van der Waals surface area contributed by atoms with E-state index in [0.29, 0.717) is 0 Å². The molecule has 0 unspecified atom stereocenters. The van der Waals surface area contributed by atoms with Crippen molar-refractivity contribution in [3.05, 3.63) is 12.7 Å². The van der Waals surface area contributed by atoms with Gasteiger partial charge in [0.25, 0.3) is 0 Å². The Morgan fingerprint density at radius 3 is 2.00 bits per heavy atom. The van der Waals surface area contributed by atoms with Crippen LogP contribution >= 0.6 is 0 Å². The van der Waals surface area contributed by atoms with Crippen LogP contribution in [-0.2, 0) is 26.2 Å². The summed E-state index contributed by atoms with van der Waals surface area (Å²) in [6.45, 7) is 5.81. The van der Waals surface area contributed by atoms with Crippen molar-refractivity contribution >= 4 is 9.52 Å². The monoisotopic (exact) mass is 258 g/mol. The molecule has 0 aromatic rings.